The van der Waals surface area contributed by atoms with Crippen molar-refractivity contribution >= 4 is 44.7 Å². The molecule has 0 atom stereocenters. The van der Waals surface area contributed by atoms with Gasteiger partial charge in [0.15, 0.2) is 0 Å². The zero-order valence-corrected chi connectivity index (χ0v) is 17.1. The molecule has 2 aromatic carbocycles. The number of hydrogen-bond acceptors (Lipinski definition) is 4. The first kappa shape index (κ1) is 18.1. The summed E-state index contributed by atoms with van der Waals surface area (Å²) in [6.45, 7) is 3.65. The summed E-state index contributed by atoms with van der Waals surface area (Å²) in [4.78, 5) is 9.20. The maximum Gasteiger partial charge on any atom is 0.126 e. The van der Waals surface area contributed by atoms with Gasteiger partial charge in [-0.15, -0.1) is 0 Å². The minimum Gasteiger partial charge on any atom is -0.384 e. The molecular formula is C21H20BrClN4. The molecule has 27 heavy (non-hydrogen) atoms. The quantitative estimate of drug-likeness (QED) is 0.613. The zero-order chi connectivity index (χ0) is 18.8. The highest BCUT2D eigenvalue weighted by Crippen LogP contribution is 2.29. The van der Waals surface area contributed by atoms with E-state index in [0.29, 0.717) is 5.82 Å². The average molecular weight is 444 g/mol. The molecule has 0 unspecified atom stereocenters. The molecular weight excluding hydrogens is 424 g/mol. The summed E-state index contributed by atoms with van der Waals surface area (Å²) in [7, 11) is 0. The van der Waals surface area contributed by atoms with Gasteiger partial charge in [-0.25, -0.2) is 4.98 Å². The fourth-order valence-corrected chi connectivity index (χ4v) is 3.92. The highest BCUT2D eigenvalue weighted by Gasteiger charge is 2.20. The van der Waals surface area contributed by atoms with Crippen molar-refractivity contribution in [3.05, 3.63) is 70.2 Å². The number of nitrogen functional groups attached to an aromatic ring is 1. The van der Waals surface area contributed by atoms with Gasteiger partial charge in [-0.3, -0.25) is 0 Å². The van der Waals surface area contributed by atoms with Crippen LogP contribution in [0.3, 0.4) is 0 Å². The Labute approximate surface area is 172 Å². The molecule has 1 fully saturated rings. The average Bonchev–Trinajstić information content (AvgIpc) is 2.69. The normalized spacial score (nSPS) is 14.4. The van der Waals surface area contributed by atoms with Gasteiger partial charge in [0.1, 0.15) is 5.82 Å². The van der Waals surface area contributed by atoms with Crippen LogP contribution in [-0.2, 0) is 0 Å². The number of hydrogen-bond donors (Lipinski definition) is 1. The molecule has 1 aliphatic heterocycles. The van der Waals surface area contributed by atoms with E-state index in [1.807, 2.05) is 48.5 Å². The maximum atomic E-state index is 6.35. The lowest BCUT2D eigenvalue weighted by atomic mass is 10.1. The van der Waals surface area contributed by atoms with Crippen LogP contribution < -0.4 is 15.5 Å². The number of piperazine rings is 1. The Morgan fingerprint density at radius 1 is 0.889 bits per heavy atom. The van der Waals surface area contributed by atoms with E-state index in [1.54, 1.807) is 0 Å². The molecule has 0 saturated carbocycles. The van der Waals surface area contributed by atoms with Crippen LogP contribution in [0.5, 0.6) is 0 Å². The third-order valence-corrected chi connectivity index (χ3v) is 5.66. The summed E-state index contributed by atoms with van der Waals surface area (Å²) in [5.41, 5.74) is 10.3. The van der Waals surface area contributed by atoms with Gasteiger partial charge in [-0.05, 0) is 30.3 Å². The highest BCUT2D eigenvalue weighted by molar-refractivity contribution is 9.10. The molecule has 0 aliphatic carbocycles. The molecule has 0 bridgehead atoms. The number of benzene rings is 2. The smallest absolute Gasteiger partial charge is 0.126 e. The first-order chi connectivity index (χ1) is 13.1. The van der Waals surface area contributed by atoms with Gasteiger partial charge in [0.2, 0.25) is 0 Å². The van der Waals surface area contributed by atoms with Crippen molar-refractivity contribution in [1.82, 2.24) is 4.98 Å². The van der Waals surface area contributed by atoms with Crippen molar-refractivity contribution in [2.24, 2.45) is 0 Å². The van der Waals surface area contributed by atoms with Gasteiger partial charge >= 0.3 is 0 Å². The zero-order valence-electron chi connectivity index (χ0n) is 14.8. The van der Waals surface area contributed by atoms with Crippen molar-refractivity contribution in [2.45, 2.75) is 0 Å². The number of nitrogens with two attached hydrogens (primary N) is 1. The predicted octanol–water partition coefficient (Wildman–Crippen LogP) is 5.07. The number of aromatic nitrogens is 1. The van der Waals surface area contributed by atoms with Crippen LogP contribution in [0.2, 0.25) is 5.02 Å². The van der Waals surface area contributed by atoms with Crippen LogP contribution in [0, 0.1) is 0 Å². The van der Waals surface area contributed by atoms with E-state index in [1.165, 1.54) is 0 Å². The number of nitrogens with zero attached hydrogens (tertiary/aromatic N) is 3. The summed E-state index contributed by atoms with van der Waals surface area (Å²) >= 11 is 9.82. The molecule has 1 saturated heterocycles. The Morgan fingerprint density at radius 2 is 1.56 bits per heavy atom. The number of anilines is 3. The lowest BCUT2D eigenvalue weighted by Gasteiger charge is -2.37. The third kappa shape index (κ3) is 4.04. The monoisotopic (exact) mass is 442 g/mol. The molecule has 4 nitrogen and oxygen atoms in total. The van der Waals surface area contributed by atoms with Crippen LogP contribution in [-0.4, -0.2) is 31.2 Å². The molecule has 6 heteroatoms. The second-order valence-corrected chi connectivity index (χ2v) is 7.89. The summed E-state index contributed by atoms with van der Waals surface area (Å²) in [6, 6.07) is 20.2. The van der Waals surface area contributed by atoms with Gasteiger partial charge in [0, 0.05) is 48.0 Å². The second-order valence-electron chi connectivity index (χ2n) is 6.57. The van der Waals surface area contributed by atoms with Crippen molar-refractivity contribution in [3.63, 3.8) is 0 Å². The van der Waals surface area contributed by atoms with Crippen LogP contribution in [0.4, 0.5) is 17.2 Å². The minimum atomic E-state index is 0.541. The van der Waals surface area contributed by atoms with Gasteiger partial charge in [0.25, 0.3) is 0 Å². The number of pyridine rings is 1. The Bertz CT molecular complexity index is 937. The number of para-hydroxylation sites is 1. The molecule has 0 amide bonds. The lowest BCUT2D eigenvalue weighted by molar-refractivity contribution is 0.653. The molecule has 1 aliphatic rings. The van der Waals surface area contributed by atoms with Gasteiger partial charge in [-0.2, -0.15) is 0 Å². The van der Waals surface area contributed by atoms with Crippen LogP contribution in [0.1, 0.15) is 0 Å². The minimum absolute atomic E-state index is 0.541. The predicted molar refractivity (Wildman–Crippen MR) is 118 cm³/mol. The lowest BCUT2D eigenvalue weighted by Crippen LogP contribution is -2.46. The summed E-state index contributed by atoms with van der Waals surface area (Å²) in [5.74, 6) is 0.541. The number of halogens is 2. The molecule has 2 N–H and O–H groups in total. The summed E-state index contributed by atoms with van der Waals surface area (Å²) < 4.78 is 1.05. The largest absolute Gasteiger partial charge is 0.384 e. The standard InChI is InChI=1S/C21H20BrClN4/c22-16-7-5-15(6-8-16)19-13-17(14-21(24)25-19)26-9-11-27(12-10-26)20-4-2-1-3-18(20)23/h1-8,13-14H,9-12H2,(H2,24,25). The third-order valence-electron chi connectivity index (χ3n) is 4.81. The van der Waals surface area contributed by atoms with Crippen molar-refractivity contribution in [1.29, 1.82) is 0 Å². The van der Waals surface area contributed by atoms with E-state index < -0.39 is 0 Å². The maximum absolute atomic E-state index is 6.35. The van der Waals surface area contributed by atoms with E-state index in [0.717, 1.165) is 58.3 Å². The first-order valence-corrected chi connectivity index (χ1v) is 10.1. The van der Waals surface area contributed by atoms with E-state index in [4.69, 9.17) is 17.3 Å². The van der Waals surface area contributed by atoms with E-state index in [2.05, 4.69) is 42.8 Å². The van der Waals surface area contributed by atoms with Crippen molar-refractivity contribution < 1.29 is 0 Å². The van der Waals surface area contributed by atoms with E-state index >= 15 is 0 Å². The highest BCUT2D eigenvalue weighted by atomic mass is 79.9. The Hall–Kier alpha value is -2.24. The summed E-state index contributed by atoms with van der Waals surface area (Å²) in [5, 5.41) is 0.802. The van der Waals surface area contributed by atoms with Crippen molar-refractivity contribution in [3.8, 4) is 11.3 Å². The fraction of sp³-hybridized carbons (Fsp3) is 0.190. The molecule has 0 spiro atoms. The molecule has 2 heterocycles. The van der Waals surface area contributed by atoms with Crippen LogP contribution >= 0.6 is 27.5 Å². The SMILES string of the molecule is Nc1cc(N2CCN(c3ccccc3Cl)CC2)cc(-c2ccc(Br)cc2)n1. The van der Waals surface area contributed by atoms with E-state index in [9.17, 15) is 0 Å². The Morgan fingerprint density at radius 3 is 2.26 bits per heavy atom. The first-order valence-electron chi connectivity index (χ1n) is 8.88. The Balaban J connectivity index is 1.53. The van der Waals surface area contributed by atoms with Gasteiger partial charge < -0.3 is 15.5 Å². The summed E-state index contributed by atoms with van der Waals surface area (Å²) in [6.07, 6.45) is 0. The number of rotatable bonds is 3. The molecule has 138 valence electrons. The van der Waals surface area contributed by atoms with Crippen LogP contribution in [0.25, 0.3) is 11.3 Å². The molecule has 1 aromatic heterocycles. The Kier molecular flexibility index (Phi) is 5.23. The van der Waals surface area contributed by atoms with Crippen molar-refractivity contribution in [2.75, 3.05) is 41.7 Å². The van der Waals surface area contributed by atoms with Gasteiger partial charge in [-0.1, -0.05) is 51.8 Å². The second kappa shape index (κ2) is 7.79. The van der Waals surface area contributed by atoms with Gasteiger partial charge in [0.05, 0.1) is 16.4 Å². The van der Waals surface area contributed by atoms with E-state index in [-0.39, 0.29) is 0 Å². The van der Waals surface area contributed by atoms with Crippen LogP contribution in [0.15, 0.2) is 65.1 Å². The molecule has 0 radical (unpaired) electrons. The topological polar surface area (TPSA) is 45.4 Å². The molecule has 3 aromatic rings. The fourth-order valence-electron chi connectivity index (χ4n) is 3.40. The molecule has 4 rings (SSSR count).